The maximum Gasteiger partial charge on any atom is 0.303 e. The van der Waals surface area contributed by atoms with Crippen molar-refractivity contribution in [3.63, 3.8) is 0 Å². The summed E-state index contributed by atoms with van der Waals surface area (Å²) in [5.41, 5.74) is 0.946. The molecule has 0 saturated heterocycles. The topological polar surface area (TPSA) is 35.5 Å². The highest BCUT2D eigenvalue weighted by Gasteiger charge is 2.07. The third-order valence-electron chi connectivity index (χ3n) is 2.06. The number of carbonyl (C=O) groups is 1. The second-order valence-electron chi connectivity index (χ2n) is 3.42. The fraction of sp³-hybridized carbons (Fsp3) is 0.308. The molecule has 1 rings (SSSR count). The van der Waals surface area contributed by atoms with E-state index in [4.69, 9.17) is 9.47 Å². The predicted molar refractivity (Wildman–Crippen MR) is 62.3 cm³/mol. The van der Waals surface area contributed by atoms with Crippen molar-refractivity contribution < 1.29 is 14.3 Å². The Morgan fingerprint density at radius 1 is 1.44 bits per heavy atom. The first-order valence-corrected chi connectivity index (χ1v) is 5.14. The van der Waals surface area contributed by atoms with Gasteiger partial charge in [-0.1, -0.05) is 24.8 Å². The quantitative estimate of drug-likeness (QED) is 0.565. The Hall–Kier alpha value is -1.77. The van der Waals surface area contributed by atoms with Gasteiger partial charge in [-0.3, -0.25) is 4.79 Å². The molecule has 0 bridgehead atoms. The summed E-state index contributed by atoms with van der Waals surface area (Å²) in [5.74, 6) is 0.498. The fourth-order valence-corrected chi connectivity index (χ4v) is 1.31. The lowest BCUT2D eigenvalue weighted by atomic mass is 10.1. The van der Waals surface area contributed by atoms with Crippen LogP contribution in [-0.4, -0.2) is 12.6 Å². The summed E-state index contributed by atoms with van der Waals surface area (Å²) in [6, 6.07) is 7.45. The number of carbonyl (C=O) groups excluding carboxylic acids is 1. The summed E-state index contributed by atoms with van der Waals surface area (Å²) in [6.07, 6.45) is 1.46. The molecule has 0 fully saturated rings. The minimum atomic E-state index is -0.278. The first-order chi connectivity index (χ1) is 7.63. The molecular weight excluding hydrogens is 204 g/mol. The van der Waals surface area contributed by atoms with E-state index in [-0.39, 0.29) is 12.1 Å². The lowest BCUT2D eigenvalue weighted by Gasteiger charge is -2.12. The summed E-state index contributed by atoms with van der Waals surface area (Å²) < 4.78 is 10.4. The van der Waals surface area contributed by atoms with Crippen molar-refractivity contribution in [3.05, 3.63) is 42.5 Å². The molecule has 0 spiro atoms. The van der Waals surface area contributed by atoms with Crippen LogP contribution in [0.4, 0.5) is 0 Å². The van der Waals surface area contributed by atoms with E-state index < -0.39 is 0 Å². The standard InChI is InChI=1S/C13H16O3/c1-4-9-15-13-7-5-12(6-8-13)10(2)16-11(3)14/h4-8,10H,1,9H2,2-3H3/t10-/m1/s1. The Kier molecular flexibility index (Phi) is 4.58. The maximum atomic E-state index is 10.8. The first-order valence-electron chi connectivity index (χ1n) is 5.14. The Balaban J connectivity index is 2.62. The van der Waals surface area contributed by atoms with Crippen LogP contribution in [0, 0.1) is 0 Å². The second kappa shape index (κ2) is 5.95. The van der Waals surface area contributed by atoms with Crippen LogP contribution in [0.5, 0.6) is 5.75 Å². The van der Waals surface area contributed by atoms with Crippen LogP contribution in [0.2, 0.25) is 0 Å². The van der Waals surface area contributed by atoms with Gasteiger partial charge in [0, 0.05) is 6.92 Å². The summed E-state index contributed by atoms with van der Waals surface area (Å²) in [4.78, 5) is 10.8. The molecule has 0 aliphatic rings. The molecule has 0 saturated carbocycles. The maximum absolute atomic E-state index is 10.8. The molecule has 3 heteroatoms. The first kappa shape index (κ1) is 12.3. The Morgan fingerprint density at radius 2 is 2.06 bits per heavy atom. The third-order valence-corrected chi connectivity index (χ3v) is 2.06. The van der Waals surface area contributed by atoms with E-state index in [0.717, 1.165) is 11.3 Å². The van der Waals surface area contributed by atoms with Crippen molar-refractivity contribution in [1.29, 1.82) is 0 Å². The Bertz CT molecular complexity index is 354. The molecule has 0 amide bonds. The van der Waals surface area contributed by atoms with E-state index in [9.17, 15) is 4.79 Å². The molecule has 3 nitrogen and oxygen atoms in total. The number of hydrogen-bond acceptors (Lipinski definition) is 3. The SMILES string of the molecule is C=CCOc1ccc([C@@H](C)OC(C)=O)cc1. The monoisotopic (exact) mass is 220 g/mol. The molecule has 0 heterocycles. The second-order valence-corrected chi connectivity index (χ2v) is 3.42. The zero-order valence-electron chi connectivity index (χ0n) is 9.60. The largest absolute Gasteiger partial charge is 0.490 e. The number of esters is 1. The normalized spacial score (nSPS) is 11.6. The molecule has 0 aliphatic heterocycles. The van der Waals surface area contributed by atoms with Gasteiger partial charge in [-0.25, -0.2) is 0 Å². The average molecular weight is 220 g/mol. The van der Waals surface area contributed by atoms with Crippen molar-refractivity contribution >= 4 is 5.97 Å². The summed E-state index contributed by atoms with van der Waals surface area (Å²) in [6.45, 7) is 7.29. The highest BCUT2D eigenvalue weighted by atomic mass is 16.5. The van der Waals surface area contributed by atoms with Gasteiger partial charge >= 0.3 is 5.97 Å². The highest BCUT2D eigenvalue weighted by molar-refractivity contribution is 5.66. The number of benzene rings is 1. The molecular formula is C13H16O3. The minimum Gasteiger partial charge on any atom is -0.490 e. The van der Waals surface area contributed by atoms with E-state index in [2.05, 4.69) is 6.58 Å². The van der Waals surface area contributed by atoms with Crippen LogP contribution in [0.25, 0.3) is 0 Å². The lowest BCUT2D eigenvalue weighted by Crippen LogP contribution is -2.04. The molecule has 0 aromatic heterocycles. The Labute approximate surface area is 95.7 Å². The number of rotatable bonds is 5. The summed E-state index contributed by atoms with van der Waals surface area (Å²) >= 11 is 0. The summed E-state index contributed by atoms with van der Waals surface area (Å²) in [5, 5.41) is 0. The van der Waals surface area contributed by atoms with Crippen LogP contribution in [0.3, 0.4) is 0 Å². The van der Waals surface area contributed by atoms with Crippen LogP contribution in [0.1, 0.15) is 25.5 Å². The zero-order valence-corrected chi connectivity index (χ0v) is 9.60. The van der Waals surface area contributed by atoms with Crippen LogP contribution >= 0.6 is 0 Å². The van der Waals surface area contributed by atoms with E-state index in [1.165, 1.54) is 6.92 Å². The van der Waals surface area contributed by atoms with Gasteiger partial charge in [0.2, 0.25) is 0 Å². The van der Waals surface area contributed by atoms with Gasteiger partial charge in [0.05, 0.1) is 0 Å². The summed E-state index contributed by atoms with van der Waals surface area (Å²) in [7, 11) is 0. The molecule has 1 aromatic rings. The molecule has 0 N–H and O–H groups in total. The molecule has 16 heavy (non-hydrogen) atoms. The van der Waals surface area contributed by atoms with Gasteiger partial charge in [0.25, 0.3) is 0 Å². The average Bonchev–Trinajstić information content (AvgIpc) is 2.26. The van der Waals surface area contributed by atoms with Gasteiger partial charge in [0.15, 0.2) is 0 Å². The third kappa shape index (κ3) is 3.77. The van der Waals surface area contributed by atoms with Crippen molar-refractivity contribution in [1.82, 2.24) is 0 Å². The highest BCUT2D eigenvalue weighted by Crippen LogP contribution is 2.20. The van der Waals surface area contributed by atoms with Gasteiger partial charge in [0.1, 0.15) is 18.5 Å². The van der Waals surface area contributed by atoms with E-state index in [1.807, 2.05) is 31.2 Å². The van der Waals surface area contributed by atoms with Gasteiger partial charge in [-0.2, -0.15) is 0 Å². The van der Waals surface area contributed by atoms with Crippen molar-refractivity contribution in [2.24, 2.45) is 0 Å². The molecule has 0 radical (unpaired) electrons. The smallest absolute Gasteiger partial charge is 0.303 e. The van der Waals surface area contributed by atoms with Crippen LogP contribution in [-0.2, 0) is 9.53 Å². The molecule has 0 unspecified atom stereocenters. The van der Waals surface area contributed by atoms with Gasteiger partial charge in [-0.15, -0.1) is 0 Å². The zero-order chi connectivity index (χ0) is 12.0. The predicted octanol–water partition coefficient (Wildman–Crippen LogP) is 2.88. The Morgan fingerprint density at radius 3 is 2.56 bits per heavy atom. The van der Waals surface area contributed by atoms with E-state index in [0.29, 0.717) is 6.61 Å². The number of hydrogen-bond donors (Lipinski definition) is 0. The molecule has 0 aliphatic carbocycles. The molecule has 1 aromatic carbocycles. The fourth-order valence-electron chi connectivity index (χ4n) is 1.31. The van der Waals surface area contributed by atoms with E-state index in [1.54, 1.807) is 6.08 Å². The van der Waals surface area contributed by atoms with Gasteiger partial charge < -0.3 is 9.47 Å². The van der Waals surface area contributed by atoms with Crippen molar-refractivity contribution in [2.75, 3.05) is 6.61 Å². The number of ether oxygens (including phenoxy) is 2. The van der Waals surface area contributed by atoms with Crippen LogP contribution in [0.15, 0.2) is 36.9 Å². The van der Waals surface area contributed by atoms with Gasteiger partial charge in [-0.05, 0) is 24.6 Å². The lowest BCUT2D eigenvalue weighted by molar-refractivity contribution is -0.145. The van der Waals surface area contributed by atoms with Crippen LogP contribution < -0.4 is 4.74 Å². The van der Waals surface area contributed by atoms with Crippen molar-refractivity contribution in [3.8, 4) is 5.75 Å². The van der Waals surface area contributed by atoms with Crippen molar-refractivity contribution in [2.45, 2.75) is 20.0 Å². The van der Waals surface area contributed by atoms with E-state index >= 15 is 0 Å². The minimum absolute atomic E-state index is 0.231. The molecule has 86 valence electrons. The molecule has 1 atom stereocenters.